The largest absolute Gasteiger partial charge is 0.489 e. The van der Waals surface area contributed by atoms with Crippen LogP contribution in [0.1, 0.15) is 29.7 Å². The zero-order valence-electron chi connectivity index (χ0n) is 11.1. The smallest absolute Gasteiger partial charge is 0.125 e. The van der Waals surface area contributed by atoms with Crippen molar-refractivity contribution in [3.63, 3.8) is 0 Å². The molecule has 0 aliphatic rings. The first-order valence-corrected chi connectivity index (χ1v) is 7.30. The maximum atomic E-state index is 9.75. The lowest BCUT2D eigenvalue weighted by atomic mass is 10.1. The third-order valence-corrected chi connectivity index (χ3v) is 3.65. The van der Waals surface area contributed by atoms with E-state index >= 15 is 0 Å². The molecule has 0 spiro atoms. The monoisotopic (exact) mass is 368 g/mol. The van der Waals surface area contributed by atoms with Gasteiger partial charge in [-0.3, -0.25) is 0 Å². The lowest BCUT2D eigenvalue weighted by Gasteiger charge is -2.14. The van der Waals surface area contributed by atoms with E-state index in [4.69, 9.17) is 4.74 Å². The number of hydrogen-bond donors (Lipinski definition) is 1. The summed E-state index contributed by atoms with van der Waals surface area (Å²) in [4.78, 5) is 0. The zero-order valence-corrected chi connectivity index (χ0v) is 13.2. The molecule has 100 valence electrons. The van der Waals surface area contributed by atoms with Crippen LogP contribution in [0.5, 0.6) is 5.75 Å². The van der Waals surface area contributed by atoms with Gasteiger partial charge in [0.15, 0.2) is 0 Å². The second-order valence-corrected chi connectivity index (χ2v) is 5.88. The van der Waals surface area contributed by atoms with Gasteiger partial charge in [-0.05, 0) is 65.8 Å². The number of aliphatic hydroxyl groups is 1. The van der Waals surface area contributed by atoms with Crippen LogP contribution in [-0.4, -0.2) is 5.11 Å². The fraction of sp³-hybridized carbons (Fsp3) is 0.250. The summed E-state index contributed by atoms with van der Waals surface area (Å²) in [7, 11) is 0. The Morgan fingerprint density at radius 1 is 1.16 bits per heavy atom. The Bertz CT molecular complexity index is 547. The zero-order chi connectivity index (χ0) is 13.8. The lowest BCUT2D eigenvalue weighted by molar-refractivity contribution is 0.190. The number of benzene rings is 2. The molecule has 0 amide bonds. The van der Waals surface area contributed by atoms with Gasteiger partial charge in [0, 0.05) is 9.13 Å². The van der Waals surface area contributed by atoms with Gasteiger partial charge in [0.2, 0.25) is 0 Å². The minimum atomic E-state index is -0.521. The summed E-state index contributed by atoms with van der Waals surface area (Å²) in [5.41, 5.74) is 3.08. The Labute approximate surface area is 127 Å². The number of rotatable bonds is 4. The third-order valence-electron chi connectivity index (χ3n) is 2.93. The molecule has 2 aromatic rings. The first-order valence-electron chi connectivity index (χ1n) is 6.22. The van der Waals surface area contributed by atoms with Crippen molar-refractivity contribution in [2.24, 2.45) is 0 Å². The van der Waals surface area contributed by atoms with E-state index in [1.54, 1.807) is 6.92 Å². The van der Waals surface area contributed by atoms with Crippen LogP contribution in [0.3, 0.4) is 0 Å². The Kier molecular flexibility index (Phi) is 4.82. The average Bonchev–Trinajstić information content (AvgIpc) is 2.38. The normalized spacial score (nSPS) is 12.2. The highest BCUT2D eigenvalue weighted by molar-refractivity contribution is 14.1. The molecule has 0 saturated carbocycles. The van der Waals surface area contributed by atoms with Crippen LogP contribution < -0.4 is 4.74 Å². The van der Waals surface area contributed by atoms with E-state index in [2.05, 4.69) is 46.9 Å². The van der Waals surface area contributed by atoms with Crippen LogP contribution in [0.2, 0.25) is 0 Å². The topological polar surface area (TPSA) is 29.5 Å². The number of halogens is 1. The molecule has 19 heavy (non-hydrogen) atoms. The molecule has 0 radical (unpaired) electrons. The van der Waals surface area contributed by atoms with Crippen LogP contribution in [0.15, 0.2) is 42.5 Å². The van der Waals surface area contributed by atoms with E-state index in [0.717, 1.165) is 22.4 Å². The number of hydrogen-bond acceptors (Lipinski definition) is 2. The Hall–Kier alpha value is -1.07. The van der Waals surface area contributed by atoms with E-state index in [1.807, 2.05) is 25.1 Å². The predicted molar refractivity (Wildman–Crippen MR) is 85.3 cm³/mol. The molecule has 2 nitrogen and oxygen atoms in total. The summed E-state index contributed by atoms with van der Waals surface area (Å²) >= 11 is 2.28. The van der Waals surface area contributed by atoms with Crippen LogP contribution >= 0.6 is 22.6 Å². The van der Waals surface area contributed by atoms with E-state index < -0.39 is 6.10 Å². The predicted octanol–water partition coefficient (Wildman–Crippen LogP) is 4.23. The molecule has 1 atom stereocenters. The number of aryl methyl sites for hydroxylation is 1. The molecular formula is C16H17IO2. The van der Waals surface area contributed by atoms with E-state index in [0.29, 0.717) is 6.61 Å². The number of aliphatic hydroxyl groups excluding tert-OH is 1. The molecule has 3 heteroatoms. The van der Waals surface area contributed by atoms with Gasteiger partial charge in [0.05, 0.1) is 6.10 Å². The lowest BCUT2D eigenvalue weighted by Crippen LogP contribution is -2.01. The van der Waals surface area contributed by atoms with E-state index in [9.17, 15) is 5.11 Å². The standard InChI is InChI=1S/C16H17IO2/c1-11-3-8-15(12(2)18)16(9-11)19-10-13-4-6-14(17)7-5-13/h3-9,12,18H,10H2,1-2H3/t12-/m0/s1. The molecule has 0 aliphatic carbocycles. The van der Waals surface area contributed by atoms with E-state index in [1.165, 1.54) is 3.57 Å². The Morgan fingerprint density at radius 3 is 2.47 bits per heavy atom. The maximum Gasteiger partial charge on any atom is 0.125 e. The molecule has 0 heterocycles. The van der Waals surface area contributed by atoms with Crippen molar-refractivity contribution >= 4 is 22.6 Å². The van der Waals surface area contributed by atoms with Crippen molar-refractivity contribution in [1.29, 1.82) is 0 Å². The van der Waals surface area contributed by atoms with Gasteiger partial charge < -0.3 is 9.84 Å². The highest BCUT2D eigenvalue weighted by Crippen LogP contribution is 2.27. The first kappa shape index (κ1) is 14.3. The Balaban J connectivity index is 2.14. The Morgan fingerprint density at radius 2 is 1.84 bits per heavy atom. The summed E-state index contributed by atoms with van der Waals surface area (Å²) in [5.74, 6) is 0.758. The number of ether oxygens (including phenoxy) is 1. The van der Waals surface area contributed by atoms with Crippen molar-refractivity contribution in [3.8, 4) is 5.75 Å². The van der Waals surface area contributed by atoms with Crippen LogP contribution in [0.4, 0.5) is 0 Å². The summed E-state index contributed by atoms with van der Waals surface area (Å²) in [5, 5.41) is 9.75. The van der Waals surface area contributed by atoms with Gasteiger partial charge in [0.1, 0.15) is 12.4 Å². The molecule has 0 bridgehead atoms. The highest BCUT2D eigenvalue weighted by atomic mass is 127. The summed E-state index contributed by atoms with van der Waals surface area (Å²) < 4.78 is 7.05. The minimum Gasteiger partial charge on any atom is -0.489 e. The van der Waals surface area contributed by atoms with Crippen molar-refractivity contribution in [2.75, 3.05) is 0 Å². The second-order valence-electron chi connectivity index (χ2n) is 4.63. The van der Waals surface area contributed by atoms with Crippen molar-refractivity contribution in [3.05, 3.63) is 62.7 Å². The van der Waals surface area contributed by atoms with Gasteiger partial charge in [-0.15, -0.1) is 0 Å². The van der Waals surface area contributed by atoms with Gasteiger partial charge >= 0.3 is 0 Å². The van der Waals surface area contributed by atoms with Gasteiger partial charge in [-0.25, -0.2) is 0 Å². The molecule has 0 unspecified atom stereocenters. The molecule has 1 N–H and O–H groups in total. The van der Waals surface area contributed by atoms with Gasteiger partial charge in [0.25, 0.3) is 0 Å². The third kappa shape index (κ3) is 3.94. The van der Waals surface area contributed by atoms with Crippen molar-refractivity contribution in [1.82, 2.24) is 0 Å². The van der Waals surface area contributed by atoms with Crippen molar-refractivity contribution in [2.45, 2.75) is 26.6 Å². The van der Waals surface area contributed by atoms with Crippen LogP contribution in [-0.2, 0) is 6.61 Å². The fourth-order valence-electron chi connectivity index (χ4n) is 1.85. The summed E-state index contributed by atoms with van der Waals surface area (Å²) in [6, 6.07) is 14.1. The highest BCUT2D eigenvalue weighted by Gasteiger charge is 2.09. The molecule has 2 aromatic carbocycles. The summed E-state index contributed by atoms with van der Waals surface area (Å²) in [6.07, 6.45) is -0.521. The van der Waals surface area contributed by atoms with E-state index in [-0.39, 0.29) is 0 Å². The molecule has 0 saturated heterocycles. The molecule has 2 rings (SSSR count). The second kappa shape index (κ2) is 6.39. The molecular weight excluding hydrogens is 351 g/mol. The molecule has 0 aromatic heterocycles. The summed E-state index contributed by atoms with van der Waals surface area (Å²) in [6.45, 7) is 4.28. The minimum absolute atomic E-state index is 0.514. The fourth-order valence-corrected chi connectivity index (χ4v) is 2.21. The van der Waals surface area contributed by atoms with Crippen LogP contribution in [0.25, 0.3) is 0 Å². The molecule has 0 fully saturated rings. The van der Waals surface area contributed by atoms with Crippen LogP contribution in [0, 0.1) is 10.5 Å². The van der Waals surface area contributed by atoms with Gasteiger partial charge in [-0.2, -0.15) is 0 Å². The van der Waals surface area contributed by atoms with Crippen molar-refractivity contribution < 1.29 is 9.84 Å². The first-order chi connectivity index (χ1) is 9.06. The maximum absolute atomic E-state index is 9.75. The average molecular weight is 368 g/mol. The quantitative estimate of drug-likeness (QED) is 0.819. The molecule has 0 aliphatic heterocycles. The SMILES string of the molecule is Cc1ccc([C@H](C)O)c(OCc2ccc(I)cc2)c1. The van der Waals surface area contributed by atoms with Gasteiger partial charge in [-0.1, -0.05) is 24.3 Å².